The molecule has 3 rings (SSSR count). The molecule has 0 aromatic heterocycles. The third-order valence-electron chi connectivity index (χ3n) is 5.35. The highest BCUT2D eigenvalue weighted by Crippen LogP contribution is 2.18. The van der Waals surface area contributed by atoms with Gasteiger partial charge in [-0.2, -0.15) is 4.31 Å². The molecule has 0 N–H and O–H groups in total. The minimum Gasteiger partial charge on any atom is -0.451 e. The number of hydrogen-bond acceptors (Lipinski definition) is 6. The maximum atomic E-state index is 12.7. The van der Waals surface area contributed by atoms with Gasteiger partial charge in [0.1, 0.15) is 0 Å². The standard InChI is InChI=1S/C24H27NO6S/c1-17-4-8-21(16-18(17)2)24(27)19(3)31-23(26)11-7-20-5-9-22(10-6-20)32(28,29)25-12-14-30-15-13-25/h4-11,16,19H,12-15H2,1-3H3/b11-7+. The van der Waals surface area contributed by atoms with Gasteiger partial charge < -0.3 is 9.47 Å². The van der Waals surface area contributed by atoms with Crippen molar-refractivity contribution in [1.29, 1.82) is 0 Å². The lowest BCUT2D eigenvalue weighted by atomic mass is 10.0. The van der Waals surface area contributed by atoms with Crippen molar-refractivity contribution in [3.8, 4) is 0 Å². The number of morpholine rings is 1. The molecule has 1 fully saturated rings. The second-order valence-corrected chi connectivity index (χ2v) is 9.60. The molecule has 1 aliphatic heterocycles. The van der Waals surface area contributed by atoms with Gasteiger partial charge in [-0.05, 0) is 61.7 Å². The molecule has 1 heterocycles. The van der Waals surface area contributed by atoms with Crippen molar-refractivity contribution in [2.24, 2.45) is 0 Å². The summed E-state index contributed by atoms with van der Waals surface area (Å²) < 4.78 is 37.1. The Morgan fingerprint density at radius 3 is 2.31 bits per heavy atom. The molecule has 2 aromatic rings. The molecule has 7 nitrogen and oxygen atoms in total. The smallest absolute Gasteiger partial charge is 0.331 e. The van der Waals surface area contributed by atoms with E-state index >= 15 is 0 Å². The normalized spacial score (nSPS) is 16.1. The highest BCUT2D eigenvalue weighted by Gasteiger charge is 2.26. The number of carbonyl (C=O) groups excluding carboxylic acids is 2. The van der Waals surface area contributed by atoms with E-state index in [9.17, 15) is 18.0 Å². The number of esters is 1. The van der Waals surface area contributed by atoms with Crippen molar-refractivity contribution >= 4 is 27.9 Å². The van der Waals surface area contributed by atoms with Crippen molar-refractivity contribution in [2.45, 2.75) is 31.8 Å². The zero-order chi connectivity index (χ0) is 23.3. The zero-order valence-electron chi connectivity index (χ0n) is 18.4. The van der Waals surface area contributed by atoms with E-state index < -0.39 is 22.1 Å². The summed E-state index contributed by atoms with van der Waals surface area (Å²) >= 11 is 0. The van der Waals surface area contributed by atoms with Gasteiger partial charge >= 0.3 is 5.97 Å². The Labute approximate surface area is 188 Å². The maximum Gasteiger partial charge on any atom is 0.331 e. The monoisotopic (exact) mass is 457 g/mol. The van der Waals surface area contributed by atoms with Gasteiger partial charge in [-0.3, -0.25) is 4.79 Å². The van der Waals surface area contributed by atoms with E-state index in [1.807, 2.05) is 19.9 Å². The Morgan fingerprint density at radius 1 is 1.03 bits per heavy atom. The molecule has 1 atom stereocenters. The number of ether oxygens (including phenoxy) is 2. The van der Waals surface area contributed by atoms with E-state index in [0.29, 0.717) is 37.4 Å². The van der Waals surface area contributed by atoms with Gasteiger partial charge in [-0.1, -0.05) is 24.3 Å². The van der Waals surface area contributed by atoms with Crippen molar-refractivity contribution in [2.75, 3.05) is 26.3 Å². The third kappa shape index (κ3) is 5.70. The van der Waals surface area contributed by atoms with E-state index in [2.05, 4.69) is 0 Å². The van der Waals surface area contributed by atoms with Gasteiger partial charge in [0.2, 0.25) is 15.8 Å². The van der Waals surface area contributed by atoms with Crippen molar-refractivity contribution < 1.29 is 27.5 Å². The summed E-state index contributed by atoms with van der Waals surface area (Å²) in [5, 5.41) is 0. The van der Waals surface area contributed by atoms with Gasteiger partial charge in [0.05, 0.1) is 18.1 Å². The first-order chi connectivity index (χ1) is 15.2. The molecule has 0 radical (unpaired) electrons. The molecule has 1 aliphatic rings. The molecule has 170 valence electrons. The van der Waals surface area contributed by atoms with Crippen LogP contribution in [0.15, 0.2) is 53.4 Å². The first-order valence-corrected chi connectivity index (χ1v) is 11.8. The van der Waals surface area contributed by atoms with Crippen LogP contribution in [-0.4, -0.2) is 56.9 Å². The first kappa shape index (κ1) is 23.8. The number of aryl methyl sites for hydroxylation is 2. The Morgan fingerprint density at radius 2 is 1.69 bits per heavy atom. The van der Waals surface area contributed by atoms with Crippen LogP contribution in [0.1, 0.15) is 34.0 Å². The van der Waals surface area contributed by atoms with Gasteiger partial charge in [0, 0.05) is 24.7 Å². The fourth-order valence-corrected chi connectivity index (χ4v) is 4.66. The molecule has 0 spiro atoms. The summed E-state index contributed by atoms with van der Waals surface area (Å²) in [6.07, 6.45) is 1.81. The van der Waals surface area contributed by atoms with E-state index in [-0.39, 0.29) is 10.7 Å². The Bertz CT molecular complexity index is 1120. The van der Waals surface area contributed by atoms with Gasteiger partial charge in [0.25, 0.3) is 0 Å². The van der Waals surface area contributed by atoms with Crippen LogP contribution in [0.25, 0.3) is 6.08 Å². The summed E-state index contributed by atoms with van der Waals surface area (Å²) in [4.78, 5) is 24.8. The average molecular weight is 458 g/mol. The van der Waals surface area contributed by atoms with Crippen LogP contribution >= 0.6 is 0 Å². The van der Waals surface area contributed by atoms with Crippen molar-refractivity contribution in [1.82, 2.24) is 4.31 Å². The molecular formula is C24H27NO6S. The summed E-state index contributed by atoms with van der Waals surface area (Å²) in [5.41, 5.74) is 3.21. The van der Waals surface area contributed by atoms with E-state index in [1.54, 1.807) is 24.3 Å². The number of carbonyl (C=O) groups is 2. The quantitative estimate of drug-likeness (QED) is 0.360. The number of Topliss-reactive ketones (excluding diaryl/α,β-unsaturated/α-hetero) is 1. The fourth-order valence-electron chi connectivity index (χ4n) is 3.25. The molecule has 32 heavy (non-hydrogen) atoms. The molecular weight excluding hydrogens is 430 g/mol. The fraction of sp³-hybridized carbons (Fsp3) is 0.333. The van der Waals surface area contributed by atoms with E-state index in [1.165, 1.54) is 35.5 Å². The predicted molar refractivity (Wildman–Crippen MR) is 121 cm³/mol. The number of hydrogen-bond donors (Lipinski definition) is 0. The maximum absolute atomic E-state index is 12.7. The lowest BCUT2D eigenvalue weighted by Crippen LogP contribution is -2.40. The zero-order valence-corrected chi connectivity index (χ0v) is 19.2. The van der Waals surface area contributed by atoms with Crippen molar-refractivity contribution in [3.05, 3.63) is 70.8 Å². The van der Waals surface area contributed by atoms with Gasteiger partial charge in [-0.25, -0.2) is 13.2 Å². The molecule has 0 amide bonds. The minimum absolute atomic E-state index is 0.187. The lowest BCUT2D eigenvalue weighted by molar-refractivity contribution is -0.140. The van der Waals surface area contributed by atoms with Crippen LogP contribution in [0.3, 0.4) is 0 Å². The number of nitrogens with zero attached hydrogens (tertiary/aromatic N) is 1. The Balaban J connectivity index is 1.60. The van der Waals surface area contributed by atoms with Crippen molar-refractivity contribution in [3.63, 3.8) is 0 Å². The largest absolute Gasteiger partial charge is 0.451 e. The van der Waals surface area contributed by atoms with Crippen LogP contribution in [-0.2, 0) is 24.3 Å². The first-order valence-electron chi connectivity index (χ1n) is 10.4. The van der Waals surface area contributed by atoms with Crippen LogP contribution in [0.4, 0.5) is 0 Å². The molecule has 1 unspecified atom stereocenters. The second-order valence-electron chi connectivity index (χ2n) is 7.66. The number of benzene rings is 2. The molecule has 0 aliphatic carbocycles. The Kier molecular flexibility index (Phi) is 7.60. The third-order valence-corrected chi connectivity index (χ3v) is 7.27. The molecule has 1 saturated heterocycles. The number of ketones is 1. The second kappa shape index (κ2) is 10.2. The summed E-state index contributed by atoms with van der Waals surface area (Å²) in [7, 11) is -3.57. The van der Waals surface area contributed by atoms with Gasteiger partial charge in [0.15, 0.2) is 6.10 Å². The predicted octanol–water partition coefficient (Wildman–Crippen LogP) is 3.15. The van der Waals surface area contributed by atoms with Crippen LogP contribution in [0.2, 0.25) is 0 Å². The average Bonchev–Trinajstić information content (AvgIpc) is 2.80. The summed E-state index contributed by atoms with van der Waals surface area (Å²) in [5.74, 6) is -0.924. The highest BCUT2D eigenvalue weighted by molar-refractivity contribution is 7.89. The molecule has 0 bridgehead atoms. The van der Waals surface area contributed by atoms with E-state index in [4.69, 9.17) is 9.47 Å². The Hall–Kier alpha value is -2.81. The SMILES string of the molecule is Cc1ccc(C(=O)C(C)OC(=O)/C=C/c2ccc(S(=O)(=O)N3CCOCC3)cc2)cc1C. The van der Waals surface area contributed by atoms with Crippen LogP contribution in [0.5, 0.6) is 0 Å². The number of rotatable bonds is 7. The van der Waals surface area contributed by atoms with Crippen LogP contribution < -0.4 is 0 Å². The minimum atomic E-state index is -3.57. The summed E-state index contributed by atoms with van der Waals surface area (Å²) in [6, 6.07) is 11.6. The topological polar surface area (TPSA) is 90.0 Å². The van der Waals surface area contributed by atoms with Gasteiger partial charge in [-0.15, -0.1) is 0 Å². The number of sulfonamides is 1. The van der Waals surface area contributed by atoms with Crippen LogP contribution in [0, 0.1) is 13.8 Å². The van der Waals surface area contributed by atoms with E-state index in [0.717, 1.165) is 11.1 Å². The molecule has 0 saturated carbocycles. The summed E-state index contributed by atoms with van der Waals surface area (Å²) in [6.45, 7) is 6.84. The molecule has 2 aromatic carbocycles. The highest BCUT2D eigenvalue weighted by atomic mass is 32.2. The molecule has 8 heteroatoms. The lowest BCUT2D eigenvalue weighted by Gasteiger charge is -2.26.